The molecule has 0 heterocycles. The third-order valence-electron chi connectivity index (χ3n) is 1.59. The molecule has 0 radical (unpaired) electrons. The lowest BCUT2D eigenvalue weighted by Crippen LogP contribution is -1.98. The summed E-state index contributed by atoms with van der Waals surface area (Å²) in [6, 6.07) is 6.26. The minimum absolute atomic E-state index is 0.0237. The maximum absolute atomic E-state index is 11.4. The van der Waals surface area contributed by atoms with E-state index in [4.69, 9.17) is 5.26 Å². The van der Waals surface area contributed by atoms with Crippen molar-refractivity contribution >= 4 is 25.8 Å². The van der Waals surface area contributed by atoms with Gasteiger partial charge in [-0.2, -0.15) is 5.26 Å². The average molecular weight is 272 g/mol. The zero-order valence-electron chi connectivity index (χ0n) is 7.07. The highest BCUT2D eigenvalue weighted by atomic mass is 79.9. The summed E-state index contributed by atoms with van der Waals surface area (Å²) in [6.45, 7) is 3.20. The maximum Gasteiger partial charge on any atom is 0.200 e. The Morgan fingerprint density at radius 2 is 2.14 bits per heavy atom. The highest BCUT2D eigenvalue weighted by Crippen LogP contribution is 2.21. The van der Waals surface area contributed by atoms with Gasteiger partial charge in [0.25, 0.3) is 0 Å². The zero-order valence-corrected chi connectivity index (χ0v) is 9.47. The largest absolute Gasteiger partial charge is 0.219 e. The van der Waals surface area contributed by atoms with E-state index in [0.29, 0.717) is 4.47 Å². The number of nitrogens with zero attached hydrogens (tertiary/aromatic N) is 1. The highest BCUT2D eigenvalue weighted by molar-refractivity contribution is 9.10. The summed E-state index contributed by atoms with van der Waals surface area (Å²) in [5.74, 6) is 0. The Hall–Kier alpha value is -1.12. The van der Waals surface area contributed by atoms with Crippen molar-refractivity contribution in [3.05, 3.63) is 40.2 Å². The second-order valence-electron chi connectivity index (χ2n) is 2.46. The van der Waals surface area contributed by atoms with Gasteiger partial charge in [0, 0.05) is 9.88 Å². The first kappa shape index (κ1) is 11.0. The van der Waals surface area contributed by atoms with Crippen molar-refractivity contribution in [3.8, 4) is 6.07 Å². The fraction of sp³-hybridized carbons (Fsp3) is 0. The van der Waals surface area contributed by atoms with Gasteiger partial charge in [-0.05, 0) is 18.2 Å². The molecule has 14 heavy (non-hydrogen) atoms. The van der Waals surface area contributed by atoms with E-state index in [0.717, 1.165) is 5.41 Å². The fourth-order valence-corrected chi connectivity index (χ4v) is 2.32. The van der Waals surface area contributed by atoms with Crippen LogP contribution >= 0.6 is 15.9 Å². The van der Waals surface area contributed by atoms with Crippen molar-refractivity contribution in [3.63, 3.8) is 0 Å². The molecule has 0 saturated heterocycles. The molecule has 1 rings (SSSR count). The van der Waals surface area contributed by atoms with Crippen molar-refractivity contribution in [2.75, 3.05) is 0 Å². The number of halogens is 1. The summed E-state index contributed by atoms with van der Waals surface area (Å²) in [5, 5.41) is 9.53. The van der Waals surface area contributed by atoms with Gasteiger partial charge < -0.3 is 0 Å². The van der Waals surface area contributed by atoms with Crippen LogP contribution in [0.4, 0.5) is 0 Å². The summed E-state index contributed by atoms with van der Waals surface area (Å²) in [7, 11) is -3.55. The molecule has 0 aliphatic rings. The minimum atomic E-state index is -3.55. The van der Waals surface area contributed by atoms with Gasteiger partial charge in [0.1, 0.15) is 6.07 Å². The average Bonchev–Trinajstić information content (AvgIpc) is 2.18. The fourth-order valence-electron chi connectivity index (χ4n) is 0.914. The molecule has 0 aromatic heterocycles. The van der Waals surface area contributed by atoms with Crippen molar-refractivity contribution in [1.29, 1.82) is 5.26 Å². The van der Waals surface area contributed by atoms with Crippen LogP contribution < -0.4 is 0 Å². The summed E-state index contributed by atoms with van der Waals surface area (Å²) < 4.78 is 23.5. The molecule has 0 aliphatic heterocycles. The van der Waals surface area contributed by atoms with E-state index in [9.17, 15) is 8.42 Å². The lowest BCUT2D eigenvalue weighted by molar-refractivity contribution is 0.604. The second-order valence-corrected chi connectivity index (χ2v) is 5.24. The van der Waals surface area contributed by atoms with E-state index in [-0.39, 0.29) is 10.5 Å². The van der Waals surface area contributed by atoms with Crippen LogP contribution in [0.15, 0.2) is 39.6 Å². The van der Waals surface area contributed by atoms with E-state index in [1.54, 1.807) is 6.07 Å². The molecule has 1 aromatic rings. The molecule has 0 atom stereocenters. The Balaban J connectivity index is 3.56. The van der Waals surface area contributed by atoms with Gasteiger partial charge in [0.2, 0.25) is 9.84 Å². The molecular weight excluding hydrogens is 266 g/mol. The van der Waals surface area contributed by atoms with Crippen LogP contribution in [0.1, 0.15) is 5.56 Å². The van der Waals surface area contributed by atoms with Gasteiger partial charge in [-0.1, -0.05) is 22.5 Å². The van der Waals surface area contributed by atoms with E-state index in [1.165, 1.54) is 12.1 Å². The molecule has 0 unspecified atom stereocenters. The third kappa shape index (κ3) is 2.03. The zero-order chi connectivity index (χ0) is 10.8. The maximum atomic E-state index is 11.4. The first-order valence-electron chi connectivity index (χ1n) is 3.58. The van der Waals surface area contributed by atoms with Gasteiger partial charge in [-0.15, -0.1) is 0 Å². The molecule has 0 fully saturated rings. The smallest absolute Gasteiger partial charge is 0.200 e. The van der Waals surface area contributed by atoms with E-state index in [2.05, 4.69) is 22.5 Å². The Labute approximate surface area is 90.7 Å². The summed E-state index contributed by atoms with van der Waals surface area (Å²) >= 11 is 3.14. The third-order valence-corrected chi connectivity index (χ3v) is 3.47. The predicted molar refractivity (Wildman–Crippen MR) is 56.2 cm³/mol. The van der Waals surface area contributed by atoms with Crippen LogP contribution in [0, 0.1) is 11.3 Å². The second kappa shape index (κ2) is 3.95. The van der Waals surface area contributed by atoms with Crippen LogP contribution in [-0.2, 0) is 9.84 Å². The van der Waals surface area contributed by atoms with Crippen LogP contribution in [-0.4, -0.2) is 8.42 Å². The van der Waals surface area contributed by atoms with Crippen LogP contribution in [0.25, 0.3) is 0 Å². The van der Waals surface area contributed by atoms with Gasteiger partial charge in [0.05, 0.1) is 10.5 Å². The number of rotatable bonds is 2. The van der Waals surface area contributed by atoms with Crippen molar-refractivity contribution in [2.24, 2.45) is 0 Å². The first-order valence-corrected chi connectivity index (χ1v) is 5.92. The molecule has 3 nitrogen and oxygen atoms in total. The molecule has 1 aromatic carbocycles. The monoisotopic (exact) mass is 271 g/mol. The quantitative estimate of drug-likeness (QED) is 0.829. The molecule has 5 heteroatoms. The van der Waals surface area contributed by atoms with Gasteiger partial charge >= 0.3 is 0 Å². The van der Waals surface area contributed by atoms with Crippen LogP contribution in [0.2, 0.25) is 0 Å². The molecule has 0 aliphatic carbocycles. The Bertz CT molecular complexity index is 514. The molecule has 0 bridgehead atoms. The molecular formula is C9H6BrNO2S. The standard InChI is InChI=1S/C9H6BrNO2S/c1-2-14(12,13)9-5-8(10)4-3-7(9)6-11/h2-5H,1H2. The summed E-state index contributed by atoms with van der Waals surface area (Å²) in [5.41, 5.74) is 0.119. The van der Waals surface area contributed by atoms with E-state index >= 15 is 0 Å². The first-order chi connectivity index (χ1) is 6.51. The molecule has 72 valence electrons. The Morgan fingerprint density at radius 1 is 1.50 bits per heavy atom. The van der Waals surface area contributed by atoms with Crippen LogP contribution in [0.5, 0.6) is 0 Å². The molecule has 0 saturated carbocycles. The van der Waals surface area contributed by atoms with Crippen LogP contribution in [0.3, 0.4) is 0 Å². The number of hydrogen-bond donors (Lipinski definition) is 0. The van der Waals surface area contributed by atoms with Gasteiger partial charge in [-0.25, -0.2) is 8.42 Å². The predicted octanol–water partition coefficient (Wildman–Crippen LogP) is 2.24. The minimum Gasteiger partial charge on any atom is -0.219 e. The number of sulfone groups is 1. The Kier molecular flexibility index (Phi) is 3.09. The van der Waals surface area contributed by atoms with Crippen molar-refractivity contribution in [1.82, 2.24) is 0 Å². The Morgan fingerprint density at radius 3 is 2.64 bits per heavy atom. The molecule has 0 spiro atoms. The number of nitriles is 1. The number of benzene rings is 1. The topological polar surface area (TPSA) is 57.9 Å². The van der Waals surface area contributed by atoms with E-state index in [1.807, 2.05) is 6.07 Å². The summed E-state index contributed by atoms with van der Waals surface area (Å²) in [6.07, 6.45) is 0. The van der Waals surface area contributed by atoms with Gasteiger partial charge in [-0.3, -0.25) is 0 Å². The van der Waals surface area contributed by atoms with Crippen molar-refractivity contribution < 1.29 is 8.42 Å². The number of hydrogen-bond acceptors (Lipinski definition) is 3. The van der Waals surface area contributed by atoms with E-state index < -0.39 is 9.84 Å². The molecule has 0 N–H and O–H groups in total. The van der Waals surface area contributed by atoms with Crippen molar-refractivity contribution in [2.45, 2.75) is 4.90 Å². The molecule has 0 amide bonds. The SMILES string of the molecule is C=CS(=O)(=O)c1cc(Br)ccc1C#N. The highest BCUT2D eigenvalue weighted by Gasteiger charge is 2.15. The summed E-state index contributed by atoms with van der Waals surface area (Å²) in [4.78, 5) is -0.0237. The lowest BCUT2D eigenvalue weighted by atomic mass is 10.2. The normalized spacial score (nSPS) is 10.6. The van der Waals surface area contributed by atoms with Gasteiger partial charge in [0.15, 0.2) is 0 Å². The lowest BCUT2D eigenvalue weighted by Gasteiger charge is -2.01.